The third kappa shape index (κ3) is 3.54. The molecule has 1 fully saturated rings. The number of H-pyrrole nitrogens is 1. The Bertz CT molecular complexity index is 993. The van der Waals surface area contributed by atoms with E-state index in [9.17, 15) is 4.79 Å². The Balaban J connectivity index is 1.77. The summed E-state index contributed by atoms with van der Waals surface area (Å²) in [5.74, 6) is 0. The summed E-state index contributed by atoms with van der Waals surface area (Å²) in [5, 5.41) is 10.6. The van der Waals surface area contributed by atoms with Gasteiger partial charge in [0.2, 0.25) is 5.13 Å². The summed E-state index contributed by atoms with van der Waals surface area (Å²) < 4.78 is 7.99. The summed E-state index contributed by atoms with van der Waals surface area (Å²) in [6, 6.07) is 7.91. The lowest BCUT2D eigenvalue weighted by Gasteiger charge is -2.24. The third-order valence-corrected chi connectivity index (χ3v) is 5.60. The molecule has 1 saturated heterocycles. The average molecular weight is 385 g/mol. The Hall–Kier alpha value is -2.45. The second-order valence-corrected chi connectivity index (χ2v) is 7.58. The first-order chi connectivity index (χ1) is 13.2. The maximum absolute atomic E-state index is 13.2. The number of ether oxygens (including phenoxy) is 1. The second-order valence-electron chi connectivity index (χ2n) is 6.57. The van der Waals surface area contributed by atoms with E-state index in [0.717, 1.165) is 47.6 Å². The van der Waals surface area contributed by atoms with Crippen LogP contribution in [0, 0.1) is 0 Å². The molecule has 0 atom stereocenters. The van der Waals surface area contributed by atoms with E-state index < -0.39 is 0 Å². The van der Waals surface area contributed by atoms with Gasteiger partial charge in [0.15, 0.2) is 0 Å². The number of hydrazone groups is 1. The number of nitrogens with zero attached hydrogens (tertiary/aromatic N) is 4. The predicted octanol–water partition coefficient (Wildman–Crippen LogP) is 2.78. The highest BCUT2D eigenvalue weighted by Crippen LogP contribution is 2.24. The fraction of sp³-hybridized carbons (Fsp3) is 0.421. The number of hydrogen-bond acceptors (Lipinski definition) is 6. The van der Waals surface area contributed by atoms with Crippen molar-refractivity contribution in [3.05, 3.63) is 45.9 Å². The SMILES string of the molecule is CCCc1[nH]n(-c2nc3ccccc3s2)c(=O)c1/C(C)=N/N1CCOCC1. The monoisotopic (exact) mass is 385 g/mol. The van der Waals surface area contributed by atoms with Gasteiger partial charge in [-0.1, -0.05) is 36.8 Å². The number of thiazole rings is 1. The zero-order valence-electron chi connectivity index (χ0n) is 15.6. The fourth-order valence-electron chi connectivity index (χ4n) is 3.29. The van der Waals surface area contributed by atoms with E-state index in [1.807, 2.05) is 36.2 Å². The van der Waals surface area contributed by atoms with Gasteiger partial charge in [-0.25, -0.2) is 4.98 Å². The number of morpholine rings is 1. The molecular formula is C19H23N5O2S. The van der Waals surface area contributed by atoms with Crippen molar-refractivity contribution in [3.63, 3.8) is 0 Å². The maximum Gasteiger partial charge on any atom is 0.282 e. The van der Waals surface area contributed by atoms with Crippen molar-refractivity contribution < 1.29 is 4.74 Å². The van der Waals surface area contributed by atoms with Gasteiger partial charge in [0.1, 0.15) is 0 Å². The molecule has 8 heteroatoms. The summed E-state index contributed by atoms with van der Waals surface area (Å²) >= 11 is 1.51. The van der Waals surface area contributed by atoms with E-state index in [0.29, 0.717) is 23.9 Å². The summed E-state index contributed by atoms with van der Waals surface area (Å²) in [4.78, 5) is 17.8. The predicted molar refractivity (Wildman–Crippen MR) is 108 cm³/mol. The third-order valence-electron chi connectivity index (χ3n) is 4.58. The number of aromatic nitrogens is 3. The van der Waals surface area contributed by atoms with Gasteiger partial charge >= 0.3 is 0 Å². The molecule has 0 unspecified atom stereocenters. The first-order valence-electron chi connectivity index (χ1n) is 9.25. The van der Waals surface area contributed by atoms with Crippen molar-refractivity contribution in [1.82, 2.24) is 19.8 Å². The van der Waals surface area contributed by atoms with Crippen LogP contribution in [0.2, 0.25) is 0 Å². The molecule has 0 spiro atoms. The minimum absolute atomic E-state index is 0.0907. The van der Waals surface area contributed by atoms with Gasteiger partial charge in [0.05, 0.1) is 47.8 Å². The van der Waals surface area contributed by atoms with Crippen molar-refractivity contribution in [3.8, 4) is 5.13 Å². The van der Waals surface area contributed by atoms with Crippen molar-refractivity contribution >= 4 is 27.3 Å². The van der Waals surface area contributed by atoms with E-state index in [1.54, 1.807) is 4.68 Å². The summed E-state index contributed by atoms with van der Waals surface area (Å²) in [6.07, 6.45) is 1.73. The van der Waals surface area contributed by atoms with Crippen molar-refractivity contribution in [2.75, 3.05) is 26.3 Å². The highest BCUT2D eigenvalue weighted by atomic mass is 32.1. The maximum atomic E-state index is 13.2. The highest BCUT2D eigenvalue weighted by Gasteiger charge is 2.20. The van der Waals surface area contributed by atoms with Crippen molar-refractivity contribution in [2.24, 2.45) is 5.10 Å². The molecule has 1 N–H and O–H groups in total. The summed E-state index contributed by atoms with van der Waals surface area (Å²) in [7, 11) is 0. The lowest BCUT2D eigenvalue weighted by molar-refractivity contribution is 0.0393. The van der Waals surface area contributed by atoms with Crippen LogP contribution in [-0.2, 0) is 11.2 Å². The van der Waals surface area contributed by atoms with Gasteiger partial charge in [-0.05, 0) is 25.5 Å². The van der Waals surface area contributed by atoms with Crippen LogP contribution in [-0.4, -0.2) is 51.8 Å². The van der Waals surface area contributed by atoms with Crippen LogP contribution >= 0.6 is 11.3 Å². The molecule has 0 bridgehead atoms. The van der Waals surface area contributed by atoms with Gasteiger partial charge in [0.25, 0.3) is 5.56 Å². The molecule has 4 rings (SSSR count). The van der Waals surface area contributed by atoms with Crippen LogP contribution in [0.3, 0.4) is 0 Å². The smallest absolute Gasteiger partial charge is 0.282 e. The molecule has 0 saturated carbocycles. The van der Waals surface area contributed by atoms with Crippen LogP contribution in [0.5, 0.6) is 0 Å². The van der Waals surface area contributed by atoms with E-state index in [1.165, 1.54) is 11.3 Å². The number of aromatic amines is 1. The number of hydrogen-bond donors (Lipinski definition) is 1. The molecule has 142 valence electrons. The van der Waals surface area contributed by atoms with Crippen LogP contribution in [0.4, 0.5) is 0 Å². The first kappa shape index (κ1) is 17.9. The number of benzene rings is 1. The largest absolute Gasteiger partial charge is 0.378 e. The van der Waals surface area contributed by atoms with Crippen molar-refractivity contribution in [1.29, 1.82) is 0 Å². The minimum atomic E-state index is -0.0907. The Kier molecular flexibility index (Phi) is 5.09. The number of rotatable bonds is 5. The second kappa shape index (κ2) is 7.66. The summed E-state index contributed by atoms with van der Waals surface area (Å²) in [6.45, 7) is 6.84. The zero-order valence-corrected chi connectivity index (χ0v) is 16.4. The molecule has 0 aliphatic carbocycles. The average Bonchev–Trinajstić information content (AvgIpc) is 3.23. The number of fused-ring (bicyclic) bond motifs is 1. The van der Waals surface area contributed by atoms with Crippen molar-refractivity contribution in [2.45, 2.75) is 26.7 Å². The fourth-order valence-corrected chi connectivity index (χ4v) is 4.22. The topological polar surface area (TPSA) is 75.5 Å². The molecule has 0 radical (unpaired) electrons. The highest BCUT2D eigenvalue weighted by molar-refractivity contribution is 7.20. The lowest BCUT2D eigenvalue weighted by Crippen LogP contribution is -2.33. The standard InChI is InChI=1S/C19H23N5O2S/c1-3-6-15-17(13(2)21-23-9-11-26-12-10-23)18(25)24(22-15)19-20-14-7-4-5-8-16(14)27-19/h4-5,7-8,22H,3,6,9-12H2,1-2H3/b21-13+. The molecule has 27 heavy (non-hydrogen) atoms. The number of nitrogens with one attached hydrogen (secondary N) is 1. The van der Waals surface area contributed by atoms with Crippen LogP contribution in [0.15, 0.2) is 34.2 Å². The lowest BCUT2D eigenvalue weighted by atomic mass is 10.1. The molecule has 3 aromatic rings. The Labute approximate surface area is 161 Å². The van der Waals surface area contributed by atoms with Gasteiger partial charge in [-0.15, -0.1) is 0 Å². The van der Waals surface area contributed by atoms with Crippen LogP contribution in [0.1, 0.15) is 31.5 Å². The number of aryl methyl sites for hydroxylation is 1. The minimum Gasteiger partial charge on any atom is -0.378 e. The molecule has 3 heterocycles. The van der Waals surface area contributed by atoms with E-state index >= 15 is 0 Å². The van der Waals surface area contributed by atoms with E-state index in [-0.39, 0.29) is 5.56 Å². The molecule has 0 amide bonds. The van der Waals surface area contributed by atoms with Gasteiger partial charge in [-0.3, -0.25) is 14.9 Å². The van der Waals surface area contributed by atoms with Gasteiger partial charge in [-0.2, -0.15) is 9.78 Å². The molecule has 1 aliphatic heterocycles. The Morgan fingerprint density at radius 1 is 1.33 bits per heavy atom. The Morgan fingerprint density at radius 3 is 2.85 bits per heavy atom. The van der Waals surface area contributed by atoms with E-state index in [2.05, 4.69) is 22.1 Å². The van der Waals surface area contributed by atoms with Crippen LogP contribution < -0.4 is 5.56 Å². The number of para-hydroxylation sites is 1. The normalized spacial score (nSPS) is 15.6. The van der Waals surface area contributed by atoms with Crippen LogP contribution in [0.25, 0.3) is 15.3 Å². The molecule has 2 aromatic heterocycles. The molecule has 7 nitrogen and oxygen atoms in total. The first-order valence-corrected chi connectivity index (χ1v) is 10.1. The van der Waals surface area contributed by atoms with Gasteiger partial charge < -0.3 is 4.74 Å². The van der Waals surface area contributed by atoms with E-state index in [4.69, 9.17) is 4.74 Å². The summed E-state index contributed by atoms with van der Waals surface area (Å²) in [5.41, 5.74) is 3.11. The quantitative estimate of drug-likeness (QED) is 0.685. The Morgan fingerprint density at radius 2 is 2.11 bits per heavy atom. The molecular weight excluding hydrogens is 362 g/mol. The molecule has 1 aliphatic rings. The molecule has 1 aromatic carbocycles. The van der Waals surface area contributed by atoms with Gasteiger partial charge in [0, 0.05) is 5.69 Å². The zero-order chi connectivity index (χ0) is 18.8.